The number of rotatable bonds is 3. The van der Waals surface area contributed by atoms with Crippen molar-refractivity contribution < 1.29 is 13.2 Å². The van der Waals surface area contributed by atoms with Gasteiger partial charge < -0.3 is 5.73 Å². The van der Waals surface area contributed by atoms with E-state index in [-0.39, 0.29) is 23.5 Å². The fourth-order valence-corrected chi connectivity index (χ4v) is 2.86. The van der Waals surface area contributed by atoms with Crippen LogP contribution in [0.25, 0.3) is 0 Å². The summed E-state index contributed by atoms with van der Waals surface area (Å²) in [5.74, 6) is 0.413. The molecule has 1 aromatic carbocycles. The van der Waals surface area contributed by atoms with Crippen LogP contribution in [0.15, 0.2) is 18.2 Å². The van der Waals surface area contributed by atoms with E-state index in [1.165, 1.54) is 6.07 Å². The van der Waals surface area contributed by atoms with Gasteiger partial charge in [-0.05, 0) is 49.6 Å². The number of alkyl halides is 3. The van der Waals surface area contributed by atoms with Gasteiger partial charge in [0.25, 0.3) is 0 Å². The zero-order valence-electron chi connectivity index (χ0n) is 11.7. The fraction of sp³-hybridized carbons (Fsp3) is 0.571. The standard InChI is InChI=1S/C14H18ClF3N2.ClH/c1-9(19)11-2-3-20(8-11)7-10-4-12(14(16,17)18)6-13(15)5-10;/h4-6,9,11H,2-3,7-8,19H2,1H3;1H. The van der Waals surface area contributed by atoms with Crippen molar-refractivity contribution >= 4 is 24.0 Å². The van der Waals surface area contributed by atoms with E-state index in [0.717, 1.165) is 25.6 Å². The van der Waals surface area contributed by atoms with E-state index < -0.39 is 11.7 Å². The van der Waals surface area contributed by atoms with Crippen LogP contribution in [-0.4, -0.2) is 24.0 Å². The minimum absolute atomic E-state index is 0. The Morgan fingerprint density at radius 1 is 1.38 bits per heavy atom. The largest absolute Gasteiger partial charge is 0.416 e. The number of nitrogens with zero attached hydrogens (tertiary/aromatic N) is 1. The first-order valence-corrected chi connectivity index (χ1v) is 6.98. The molecule has 2 rings (SSSR count). The zero-order valence-corrected chi connectivity index (χ0v) is 13.2. The van der Waals surface area contributed by atoms with Crippen LogP contribution in [0.1, 0.15) is 24.5 Å². The van der Waals surface area contributed by atoms with Crippen molar-refractivity contribution in [3.05, 3.63) is 34.3 Å². The summed E-state index contributed by atoms with van der Waals surface area (Å²) in [4.78, 5) is 2.12. The van der Waals surface area contributed by atoms with E-state index in [1.807, 2.05) is 6.92 Å². The van der Waals surface area contributed by atoms with E-state index in [9.17, 15) is 13.2 Å². The molecule has 0 radical (unpaired) electrons. The lowest BCUT2D eigenvalue weighted by atomic mass is 10.0. The Balaban J connectivity index is 0.00000220. The summed E-state index contributed by atoms with van der Waals surface area (Å²) in [6.07, 6.45) is -3.37. The molecular formula is C14H19Cl2F3N2. The van der Waals surface area contributed by atoms with E-state index in [2.05, 4.69) is 4.90 Å². The van der Waals surface area contributed by atoms with E-state index >= 15 is 0 Å². The van der Waals surface area contributed by atoms with Crippen molar-refractivity contribution in [3.8, 4) is 0 Å². The lowest BCUT2D eigenvalue weighted by molar-refractivity contribution is -0.137. The summed E-state index contributed by atoms with van der Waals surface area (Å²) in [5.41, 5.74) is 5.76. The van der Waals surface area contributed by atoms with Crippen LogP contribution in [0.2, 0.25) is 5.02 Å². The van der Waals surface area contributed by atoms with Crippen molar-refractivity contribution in [3.63, 3.8) is 0 Å². The van der Waals surface area contributed by atoms with Crippen LogP contribution in [0, 0.1) is 5.92 Å². The number of likely N-dealkylation sites (tertiary alicyclic amines) is 1. The topological polar surface area (TPSA) is 29.3 Å². The van der Waals surface area contributed by atoms with Crippen LogP contribution in [0.3, 0.4) is 0 Å². The molecule has 2 atom stereocenters. The first-order valence-electron chi connectivity index (χ1n) is 6.60. The summed E-state index contributed by atoms with van der Waals surface area (Å²) in [6, 6.07) is 3.84. The third-order valence-corrected chi connectivity index (χ3v) is 3.96. The van der Waals surface area contributed by atoms with Crippen molar-refractivity contribution in [2.75, 3.05) is 13.1 Å². The molecular weight excluding hydrogens is 324 g/mol. The highest BCUT2D eigenvalue weighted by atomic mass is 35.5. The molecule has 0 spiro atoms. The van der Waals surface area contributed by atoms with E-state index in [1.54, 1.807) is 6.07 Å². The molecule has 1 aliphatic rings. The summed E-state index contributed by atoms with van der Waals surface area (Å²) < 4.78 is 38.2. The Bertz CT molecular complexity index is 478. The average Bonchev–Trinajstić information content (AvgIpc) is 2.75. The summed E-state index contributed by atoms with van der Waals surface area (Å²) in [6.45, 7) is 4.13. The molecule has 1 heterocycles. The number of nitrogens with two attached hydrogens (primary N) is 1. The molecule has 0 bridgehead atoms. The molecule has 1 aromatic rings. The van der Waals surface area contributed by atoms with Gasteiger partial charge in [0.1, 0.15) is 0 Å². The van der Waals surface area contributed by atoms with Gasteiger partial charge in [-0.3, -0.25) is 4.90 Å². The molecule has 2 nitrogen and oxygen atoms in total. The maximum atomic E-state index is 12.7. The maximum Gasteiger partial charge on any atom is 0.416 e. The second kappa shape index (κ2) is 7.18. The number of halogens is 5. The highest BCUT2D eigenvalue weighted by Crippen LogP contribution is 2.32. The minimum Gasteiger partial charge on any atom is -0.328 e. The quantitative estimate of drug-likeness (QED) is 0.901. The number of hydrogen-bond acceptors (Lipinski definition) is 2. The Hall–Kier alpha value is -0.490. The SMILES string of the molecule is CC(N)C1CCN(Cc2cc(Cl)cc(C(F)(F)F)c2)C1.Cl. The molecule has 120 valence electrons. The Kier molecular flexibility index (Phi) is 6.35. The Morgan fingerprint density at radius 3 is 2.57 bits per heavy atom. The van der Waals surface area contributed by atoms with Gasteiger partial charge >= 0.3 is 6.18 Å². The highest BCUT2D eigenvalue weighted by Gasteiger charge is 2.31. The first kappa shape index (κ1) is 18.6. The van der Waals surface area contributed by atoms with Gasteiger partial charge in [-0.25, -0.2) is 0 Å². The maximum absolute atomic E-state index is 12.7. The summed E-state index contributed by atoms with van der Waals surface area (Å²) in [7, 11) is 0. The summed E-state index contributed by atoms with van der Waals surface area (Å²) in [5, 5.41) is 0.123. The van der Waals surface area contributed by atoms with Crippen LogP contribution in [-0.2, 0) is 12.7 Å². The first-order chi connectivity index (χ1) is 9.25. The molecule has 21 heavy (non-hydrogen) atoms. The predicted octanol–water partition coefficient (Wildman–Crippen LogP) is 3.95. The van der Waals surface area contributed by atoms with Crippen molar-refractivity contribution in [2.45, 2.75) is 32.1 Å². The molecule has 7 heteroatoms. The van der Waals surface area contributed by atoms with Crippen LogP contribution >= 0.6 is 24.0 Å². The smallest absolute Gasteiger partial charge is 0.328 e. The Labute approximate surface area is 133 Å². The van der Waals surface area contributed by atoms with Gasteiger partial charge in [0.15, 0.2) is 0 Å². The number of benzene rings is 1. The van der Waals surface area contributed by atoms with Crippen molar-refractivity contribution in [1.29, 1.82) is 0 Å². The second-order valence-electron chi connectivity index (χ2n) is 5.49. The van der Waals surface area contributed by atoms with Gasteiger partial charge in [0.2, 0.25) is 0 Å². The predicted molar refractivity (Wildman–Crippen MR) is 80.7 cm³/mol. The molecule has 2 N–H and O–H groups in total. The van der Waals surface area contributed by atoms with Gasteiger partial charge in [-0.15, -0.1) is 12.4 Å². The van der Waals surface area contributed by atoms with Gasteiger partial charge in [-0.1, -0.05) is 11.6 Å². The van der Waals surface area contributed by atoms with Gasteiger partial charge in [0.05, 0.1) is 5.56 Å². The van der Waals surface area contributed by atoms with Crippen LogP contribution in [0.5, 0.6) is 0 Å². The molecule has 0 saturated carbocycles. The molecule has 0 aromatic heterocycles. The lowest BCUT2D eigenvalue weighted by Gasteiger charge is -2.18. The highest BCUT2D eigenvalue weighted by molar-refractivity contribution is 6.30. The van der Waals surface area contributed by atoms with Crippen molar-refractivity contribution in [2.24, 2.45) is 11.7 Å². The molecule has 1 fully saturated rings. The van der Waals surface area contributed by atoms with Crippen molar-refractivity contribution in [1.82, 2.24) is 4.90 Å². The van der Waals surface area contributed by atoms with Crippen LogP contribution in [0.4, 0.5) is 13.2 Å². The fourth-order valence-electron chi connectivity index (χ4n) is 2.60. The van der Waals surface area contributed by atoms with Gasteiger partial charge in [0, 0.05) is 24.2 Å². The molecule has 0 aliphatic carbocycles. The Morgan fingerprint density at radius 2 is 2.05 bits per heavy atom. The third kappa shape index (κ3) is 5.02. The van der Waals surface area contributed by atoms with Gasteiger partial charge in [-0.2, -0.15) is 13.2 Å². The lowest BCUT2D eigenvalue weighted by Crippen LogP contribution is -2.29. The molecule has 0 amide bonds. The number of hydrogen-bond donors (Lipinski definition) is 1. The molecule has 1 saturated heterocycles. The van der Waals surface area contributed by atoms with E-state index in [0.29, 0.717) is 18.0 Å². The normalized spacial score (nSPS) is 21.1. The average molecular weight is 343 g/mol. The van der Waals surface area contributed by atoms with E-state index in [4.69, 9.17) is 17.3 Å². The zero-order chi connectivity index (χ0) is 14.9. The molecule has 1 aliphatic heterocycles. The molecule has 2 unspecified atom stereocenters. The summed E-state index contributed by atoms with van der Waals surface area (Å²) >= 11 is 5.78. The monoisotopic (exact) mass is 342 g/mol. The minimum atomic E-state index is -4.36. The van der Waals surface area contributed by atoms with Crippen LogP contribution < -0.4 is 5.73 Å². The second-order valence-corrected chi connectivity index (χ2v) is 5.93. The third-order valence-electron chi connectivity index (χ3n) is 3.74.